The molecule has 0 aliphatic rings. The Balaban J connectivity index is 1.34. The summed E-state index contributed by atoms with van der Waals surface area (Å²) in [7, 11) is 0. The average molecular weight is 433 g/mol. The fourth-order valence-corrected chi connectivity index (χ4v) is 3.96. The minimum atomic E-state index is -0.323. The van der Waals surface area contributed by atoms with Crippen LogP contribution in [0.15, 0.2) is 60.2 Å². The van der Waals surface area contributed by atoms with Crippen molar-refractivity contribution in [3.8, 4) is 0 Å². The van der Waals surface area contributed by atoms with E-state index in [1.807, 2.05) is 43.3 Å². The van der Waals surface area contributed by atoms with Gasteiger partial charge in [0.25, 0.3) is 5.91 Å². The number of nitrogens with zero attached hydrogens (tertiary/aromatic N) is 2. The number of nitrogens with one attached hydrogen (secondary N) is 3. The summed E-state index contributed by atoms with van der Waals surface area (Å²) in [6.07, 6.45) is 1.38. The molecule has 2 aromatic carbocycles. The summed E-state index contributed by atoms with van der Waals surface area (Å²) in [6.45, 7) is 2.30. The number of rotatable bonds is 5. The van der Waals surface area contributed by atoms with E-state index in [1.165, 1.54) is 17.7 Å². The zero-order chi connectivity index (χ0) is 21.8. The van der Waals surface area contributed by atoms with Crippen molar-refractivity contribution in [3.05, 3.63) is 76.9 Å². The number of nitrogens with two attached hydrogens (primary N) is 1. The van der Waals surface area contributed by atoms with Gasteiger partial charge in [-0.3, -0.25) is 4.79 Å². The average Bonchev–Trinajstić information content (AvgIpc) is 3.19. The smallest absolute Gasteiger partial charge is 0.323 e. The van der Waals surface area contributed by atoms with Crippen LogP contribution in [0.1, 0.15) is 21.5 Å². The zero-order valence-corrected chi connectivity index (χ0v) is 17.5. The van der Waals surface area contributed by atoms with Crippen molar-refractivity contribution in [2.45, 2.75) is 13.5 Å². The number of thiophene rings is 1. The van der Waals surface area contributed by atoms with Crippen molar-refractivity contribution in [3.63, 3.8) is 0 Å². The highest BCUT2D eigenvalue weighted by Crippen LogP contribution is 2.27. The van der Waals surface area contributed by atoms with Crippen LogP contribution in [0.3, 0.4) is 0 Å². The minimum absolute atomic E-state index is 0.243. The van der Waals surface area contributed by atoms with E-state index in [0.29, 0.717) is 28.0 Å². The van der Waals surface area contributed by atoms with Crippen LogP contribution < -0.4 is 21.7 Å². The SMILES string of the molecule is Cc1cccc(NC(=O)Nc2ccc(CNC(=O)c3csc4ncnc(N)c34)cc2)c1. The summed E-state index contributed by atoms with van der Waals surface area (Å²) in [5.74, 6) is 0.0447. The first kappa shape index (κ1) is 20.3. The van der Waals surface area contributed by atoms with Crippen LogP contribution in [0, 0.1) is 6.92 Å². The molecule has 4 rings (SSSR count). The minimum Gasteiger partial charge on any atom is -0.383 e. The van der Waals surface area contributed by atoms with Crippen molar-refractivity contribution in [2.75, 3.05) is 16.4 Å². The molecule has 0 unspecified atom stereocenters. The van der Waals surface area contributed by atoms with Gasteiger partial charge in [0, 0.05) is 23.3 Å². The van der Waals surface area contributed by atoms with Crippen LogP contribution in [0.4, 0.5) is 22.0 Å². The van der Waals surface area contributed by atoms with E-state index < -0.39 is 0 Å². The van der Waals surface area contributed by atoms with Gasteiger partial charge in [-0.1, -0.05) is 24.3 Å². The number of aryl methyl sites for hydroxylation is 1. The van der Waals surface area contributed by atoms with E-state index in [4.69, 9.17) is 5.73 Å². The molecule has 2 aromatic heterocycles. The van der Waals surface area contributed by atoms with Gasteiger partial charge in [0.1, 0.15) is 17.0 Å². The Bertz CT molecular complexity index is 1250. The molecule has 9 heteroatoms. The Labute approximate surface area is 182 Å². The third-order valence-corrected chi connectivity index (χ3v) is 5.47. The van der Waals surface area contributed by atoms with E-state index in [0.717, 1.165) is 16.8 Å². The molecule has 4 aromatic rings. The van der Waals surface area contributed by atoms with Crippen molar-refractivity contribution < 1.29 is 9.59 Å². The lowest BCUT2D eigenvalue weighted by Gasteiger charge is -2.09. The molecule has 0 fully saturated rings. The first-order valence-corrected chi connectivity index (χ1v) is 10.4. The van der Waals surface area contributed by atoms with Crippen molar-refractivity contribution in [1.82, 2.24) is 15.3 Å². The molecule has 0 saturated heterocycles. The fraction of sp³-hybridized carbons (Fsp3) is 0.0909. The molecule has 0 radical (unpaired) electrons. The van der Waals surface area contributed by atoms with Crippen LogP contribution in [-0.2, 0) is 6.54 Å². The Morgan fingerprint density at radius 1 is 1.03 bits per heavy atom. The Kier molecular flexibility index (Phi) is 5.76. The summed E-state index contributed by atoms with van der Waals surface area (Å²) >= 11 is 1.35. The van der Waals surface area contributed by atoms with Crippen LogP contribution in [-0.4, -0.2) is 21.9 Å². The van der Waals surface area contributed by atoms with Crippen LogP contribution in [0.2, 0.25) is 0 Å². The van der Waals surface area contributed by atoms with Crippen LogP contribution in [0.25, 0.3) is 10.2 Å². The van der Waals surface area contributed by atoms with E-state index in [2.05, 4.69) is 25.9 Å². The molecule has 8 nitrogen and oxygen atoms in total. The largest absolute Gasteiger partial charge is 0.383 e. The van der Waals surface area contributed by atoms with Crippen LogP contribution in [0.5, 0.6) is 0 Å². The second-order valence-electron chi connectivity index (χ2n) is 6.92. The zero-order valence-electron chi connectivity index (χ0n) is 16.7. The number of fused-ring (bicyclic) bond motifs is 1. The van der Waals surface area contributed by atoms with Gasteiger partial charge in [-0.05, 0) is 42.3 Å². The molecule has 0 aliphatic carbocycles. The Hall–Kier alpha value is -3.98. The van der Waals surface area contributed by atoms with E-state index in [1.54, 1.807) is 17.5 Å². The number of aromatic nitrogens is 2. The standard InChI is InChI=1S/C22H20N6O2S/c1-13-3-2-4-16(9-13)28-22(30)27-15-7-5-14(6-8-15)10-24-20(29)17-11-31-21-18(17)19(23)25-12-26-21/h2-9,11-12H,10H2,1H3,(H,24,29)(H2,23,25,26)(H2,27,28,30). The molecule has 156 valence electrons. The maximum atomic E-state index is 12.6. The van der Waals surface area contributed by atoms with Gasteiger partial charge in [-0.2, -0.15) is 0 Å². The van der Waals surface area contributed by atoms with Gasteiger partial charge in [0.05, 0.1) is 10.9 Å². The van der Waals surface area contributed by atoms with Crippen molar-refractivity contribution in [1.29, 1.82) is 0 Å². The summed E-state index contributed by atoms with van der Waals surface area (Å²) in [6, 6.07) is 14.5. The first-order valence-electron chi connectivity index (χ1n) is 9.49. The van der Waals surface area contributed by atoms with Gasteiger partial charge < -0.3 is 21.7 Å². The molecular formula is C22H20N6O2S. The number of urea groups is 1. The highest BCUT2D eigenvalue weighted by Gasteiger charge is 2.15. The first-order chi connectivity index (χ1) is 15.0. The lowest BCUT2D eigenvalue weighted by molar-refractivity contribution is 0.0953. The molecule has 0 bridgehead atoms. The van der Waals surface area contributed by atoms with Gasteiger partial charge >= 0.3 is 6.03 Å². The van der Waals surface area contributed by atoms with Crippen LogP contribution >= 0.6 is 11.3 Å². The fourth-order valence-electron chi connectivity index (χ4n) is 3.07. The predicted molar refractivity (Wildman–Crippen MR) is 123 cm³/mol. The van der Waals surface area contributed by atoms with E-state index in [-0.39, 0.29) is 17.8 Å². The van der Waals surface area contributed by atoms with Gasteiger partial charge in [0.2, 0.25) is 0 Å². The third kappa shape index (κ3) is 4.78. The third-order valence-electron chi connectivity index (χ3n) is 4.59. The molecule has 3 amide bonds. The van der Waals surface area contributed by atoms with Gasteiger partial charge in [-0.25, -0.2) is 14.8 Å². The second kappa shape index (κ2) is 8.80. The monoisotopic (exact) mass is 432 g/mol. The molecule has 2 heterocycles. The molecule has 0 spiro atoms. The predicted octanol–water partition coefficient (Wildman–Crippen LogP) is 4.16. The lowest BCUT2D eigenvalue weighted by atomic mass is 10.2. The maximum Gasteiger partial charge on any atom is 0.323 e. The van der Waals surface area contributed by atoms with Gasteiger partial charge in [-0.15, -0.1) is 11.3 Å². The maximum absolute atomic E-state index is 12.6. The highest BCUT2D eigenvalue weighted by molar-refractivity contribution is 7.17. The number of hydrogen-bond donors (Lipinski definition) is 4. The summed E-state index contributed by atoms with van der Waals surface area (Å²) in [5, 5.41) is 10.8. The molecule has 0 saturated carbocycles. The van der Waals surface area contributed by atoms with Crippen molar-refractivity contribution >= 4 is 50.7 Å². The second-order valence-corrected chi connectivity index (χ2v) is 7.77. The number of amides is 3. The molecule has 0 atom stereocenters. The Morgan fingerprint density at radius 3 is 2.58 bits per heavy atom. The molecule has 31 heavy (non-hydrogen) atoms. The molecule has 0 aliphatic heterocycles. The highest BCUT2D eigenvalue weighted by atomic mass is 32.1. The number of carbonyl (C=O) groups excluding carboxylic acids is 2. The molecule has 5 N–H and O–H groups in total. The normalized spacial score (nSPS) is 10.6. The number of carbonyl (C=O) groups is 2. The topological polar surface area (TPSA) is 122 Å². The Morgan fingerprint density at radius 2 is 1.81 bits per heavy atom. The number of benzene rings is 2. The van der Waals surface area contributed by atoms with Gasteiger partial charge in [0.15, 0.2) is 0 Å². The summed E-state index contributed by atoms with van der Waals surface area (Å²) in [5.41, 5.74) is 9.69. The summed E-state index contributed by atoms with van der Waals surface area (Å²) in [4.78, 5) is 33.5. The quantitative estimate of drug-likeness (QED) is 0.377. The van der Waals surface area contributed by atoms with E-state index >= 15 is 0 Å². The molecular weight excluding hydrogens is 412 g/mol. The summed E-state index contributed by atoms with van der Waals surface area (Å²) < 4.78 is 0. The lowest BCUT2D eigenvalue weighted by Crippen LogP contribution is -2.23. The number of anilines is 3. The van der Waals surface area contributed by atoms with Crippen molar-refractivity contribution in [2.24, 2.45) is 0 Å². The number of nitrogen functional groups attached to an aromatic ring is 1. The number of hydrogen-bond acceptors (Lipinski definition) is 6. The van der Waals surface area contributed by atoms with E-state index in [9.17, 15) is 9.59 Å².